The van der Waals surface area contributed by atoms with Gasteiger partial charge in [-0.05, 0) is 54.9 Å². The molecular weight excluding hydrogens is 290 g/mol. The molecule has 7 nitrogen and oxygen atoms in total. The maximum absolute atomic E-state index is 12.1. The molecule has 0 aliphatic rings. The maximum Gasteiger partial charge on any atom is 0.420 e. The van der Waals surface area contributed by atoms with Crippen LogP contribution in [0.5, 0.6) is 0 Å². The normalized spacial score (nSPS) is 12.2. The third kappa shape index (κ3) is 10.9. The van der Waals surface area contributed by atoms with Crippen LogP contribution in [0.15, 0.2) is 0 Å². The van der Waals surface area contributed by atoms with Crippen LogP contribution >= 0.6 is 0 Å². The molecule has 0 spiro atoms. The highest BCUT2D eigenvalue weighted by Gasteiger charge is 2.33. The van der Waals surface area contributed by atoms with Crippen LogP contribution in [-0.2, 0) is 19.1 Å². The predicted octanol–water partition coefficient (Wildman–Crippen LogP) is 3.37. The van der Waals surface area contributed by atoms with Crippen molar-refractivity contribution in [1.82, 2.24) is 4.90 Å². The summed E-state index contributed by atoms with van der Waals surface area (Å²) in [5.41, 5.74) is -1.30. The van der Waals surface area contributed by atoms with Crippen LogP contribution in [0.4, 0.5) is 9.59 Å². The van der Waals surface area contributed by atoms with E-state index in [0.29, 0.717) is 6.42 Å². The van der Waals surface area contributed by atoms with E-state index in [9.17, 15) is 9.59 Å². The summed E-state index contributed by atoms with van der Waals surface area (Å²) in [6.45, 7) is 14.2. The summed E-state index contributed by atoms with van der Waals surface area (Å²) in [6, 6.07) is -0.273. The first kappa shape index (κ1) is 22.4. The minimum atomic E-state index is -0.670. The van der Waals surface area contributed by atoms with Gasteiger partial charge in [0.25, 0.3) is 0 Å². The van der Waals surface area contributed by atoms with Crippen LogP contribution in [0.25, 0.3) is 0 Å². The highest BCUT2D eigenvalue weighted by Crippen LogP contribution is 2.17. The first-order valence-electron chi connectivity index (χ1n) is 7.03. The standard InChI is InChI=1S/C14H27NO4.CO2/c1-9-10(2)15(11(16)18-13(3,4)5)12(17)19-14(6,7)8;2-1-3/h10H,9H2,1-8H3;/t10-;/m1./s1. The summed E-state index contributed by atoms with van der Waals surface area (Å²) in [4.78, 5) is 41.5. The van der Waals surface area contributed by atoms with Gasteiger partial charge in [0.1, 0.15) is 11.2 Å². The van der Waals surface area contributed by atoms with Crippen LogP contribution in [0.1, 0.15) is 61.8 Å². The van der Waals surface area contributed by atoms with Crippen molar-refractivity contribution in [2.24, 2.45) is 0 Å². The molecule has 2 amide bonds. The Morgan fingerprint density at radius 3 is 1.41 bits per heavy atom. The second-order valence-electron chi connectivity index (χ2n) is 6.67. The van der Waals surface area contributed by atoms with E-state index in [2.05, 4.69) is 0 Å². The molecule has 1 atom stereocenters. The van der Waals surface area contributed by atoms with Crippen molar-refractivity contribution in [2.45, 2.75) is 79.1 Å². The van der Waals surface area contributed by atoms with Gasteiger partial charge >= 0.3 is 18.3 Å². The highest BCUT2D eigenvalue weighted by molar-refractivity contribution is 5.88. The number of rotatable bonds is 2. The summed E-state index contributed by atoms with van der Waals surface area (Å²) in [7, 11) is 0. The lowest BCUT2D eigenvalue weighted by atomic mass is 10.2. The largest absolute Gasteiger partial charge is 0.443 e. The second-order valence-corrected chi connectivity index (χ2v) is 6.67. The van der Waals surface area contributed by atoms with Crippen molar-refractivity contribution in [3.05, 3.63) is 0 Å². The first-order valence-corrected chi connectivity index (χ1v) is 7.03. The average molecular weight is 317 g/mol. The number of hydrogen-bond donors (Lipinski definition) is 0. The Morgan fingerprint density at radius 2 is 1.23 bits per heavy atom. The monoisotopic (exact) mass is 317 g/mol. The molecule has 0 fully saturated rings. The Kier molecular flexibility index (Phi) is 9.37. The zero-order valence-corrected chi connectivity index (χ0v) is 14.7. The fourth-order valence-electron chi connectivity index (χ4n) is 1.24. The first-order chi connectivity index (χ1) is 9.79. The quantitative estimate of drug-likeness (QED) is 0.775. The topological polar surface area (TPSA) is 90.0 Å². The maximum atomic E-state index is 12.1. The zero-order chi connectivity index (χ0) is 18.1. The third-order valence-electron chi connectivity index (χ3n) is 2.21. The Morgan fingerprint density at radius 1 is 0.955 bits per heavy atom. The number of carbonyl (C=O) groups is 2. The van der Waals surface area contributed by atoms with E-state index in [0.717, 1.165) is 4.90 Å². The second kappa shape index (κ2) is 9.20. The minimum absolute atomic E-state index is 0.250. The summed E-state index contributed by atoms with van der Waals surface area (Å²) in [6.07, 6.45) is -0.453. The van der Waals surface area contributed by atoms with Gasteiger partial charge in [0.2, 0.25) is 0 Å². The molecule has 7 heteroatoms. The average Bonchev–Trinajstić information content (AvgIpc) is 2.24. The predicted molar refractivity (Wildman–Crippen MR) is 79.1 cm³/mol. The van der Waals surface area contributed by atoms with E-state index >= 15 is 0 Å². The van der Waals surface area contributed by atoms with Crippen molar-refractivity contribution in [1.29, 1.82) is 0 Å². The van der Waals surface area contributed by atoms with Crippen LogP contribution in [0, 0.1) is 0 Å². The van der Waals surface area contributed by atoms with E-state index in [4.69, 9.17) is 19.1 Å². The summed E-state index contributed by atoms with van der Waals surface area (Å²) in [5, 5.41) is 0. The minimum Gasteiger partial charge on any atom is -0.443 e. The molecule has 0 N–H and O–H groups in total. The number of amides is 2. The van der Waals surface area contributed by atoms with E-state index in [1.807, 2.05) is 6.92 Å². The molecule has 0 aromatic heterocycles. The molecule has 0 aromatic rings. The molecule has 0 unspecified atom stereocenters. The molecule has 0 rings (SSSR count). The summed E-state index contributed by atoms with van der Waals surface area (Å²) < 4.78 is 10.5. The fraction of sp³-hybridized carbons (Fsp3) is 0.800. The van der Waals surface area contributed by atoms with Gasteiger partial charge in [-0.25, -0.2) is 14.5 Å². The highest BCUT2D eigenvalue weighted by atomic mass is 16.6. The summed E-state index contributed by atoms with van der Waals surface area (Å²) >= 11 is 0. The van der Waals surface area contributed by atoms with E-state index in [1.165, 1.54) is 0 Å². The van der Waals surface area contributed by atoms with Crippen molar-refractivity contribution < 1.29 is 28.7 Å². The molecule has 0 aromatic carbocycles. The van der Waals surface area contributed by atoms with Gasteiger partial charge in [-0.15, -0.1) is 0 Å². The van der Waals surface area contributed by atoms with Crippen LogP contribution in [-0.4, -0.2) is 40.5 Å². The summed E-state index contributed by atoms with van der Waals surface area (Å²) in [5.74, 6) is 0. The van der Waals surface area contributed by atoms with Crippen molar-refractivity contribution in [3.8, 4) is 0 Å². The van der Waals surface area contributed by atoms with Crippen LogP contribution in [0.2, 0.25) is 0 Å². The number of hydrogen-bond acceptors (Lipinski definition) is 6. The number of ether oxygens (including phenoxy) is 2. The molecule has 0 saturated heterocycles. The SMILES string of the molecule is CC[C@@H](C)N(C(=O)OC(C)(C)C)C(=O)OC(C)(C)C.O=C=O. The van der Waals surface area contributed by atoms with Crippen LogP contribution in [0.3, 0.4) is 0 Å². The molecule has 0 saturated carbocycles. The Hall–Kier alpha value is -1.88. The Bertz CT molecular complexity index is 371. The molecule has 0 aliphatic heterocycles. The van der Waals surface area contributed by atoms with Crippen LogP contribution < -0.4 is 0 Å². The number of carbonyl (C=O) groups excluding carboxylic acids is 4. The fourth-order valence-corrected chi connectivity index (χ4v) is 1.24. The molecule has 0 bridgehead atoms. The zero-order valence-electron chi connectivity index (χ0n) is 14.7. The Balaban J connectivity index is 0. The van der Waals surface area contributed by atoms with E-state index in [-0.39, 0.29) is 12.2 Å². The van der Waals surface area contributed by atoms with Crippen molar-refractivity contribution >= 4 is 18.3 Å². The van der Waals surface area contributed by atoms with Crippen molar-refractivity contribution in [2.75, 3.05) is 0 Å². The molecule has 0 aliphatic carbocycles. The van der Waals surface area contributed by atoms with Gasteiger partial charge in [-0.3, -0.25) is 0 Å². The molecule has 0 radical (unpaired) electrons. The van der Waals surface area contributed by atoms with Gasteiger partial charge in [-0.2, -0.15) is 9.59 Å². The van der Waals surface area contributed by atoms with E-state index < -0.39 is 23.4 Å². The lowest BCUT2D eigenvalue weighted by Crippen LogP contribution is -2.47. The van der Waals surface area contributed by atoms with Gasteiger partial charge in [-0.1, -0.05) is 6.92 Å². The van der Waals surface area contributed by atoms with Gasteiger partial charge in [0, 0.05) is 6.04 Å². The number of nitrogens with zero attached hydrogens (tertiary/aromatic N) is 1. The van der Waals surface area contributed by atoms with Gasteiger partial charge in [0.15, 0.2) is 0 Å². The van der Waals surface area contributed by atoms with Gasteiger partial charge in [0.05, 0.1) is 0 Å². The van der Waals surface area contributed by atoms with Gasteiger partial charge < -0.3 is 9.47 Å². The molecule has 0 heterocycles. The lowest BCUT2D eigenvalue weighted by molar-refractivity contribution is -0.191. The lowest BCUT2D eigenvalue weighted by Gasteiger charge is -2.31. The van der Waals surface area contributed by atoms with E-state index in [1.54, 1.807) is 48.5 Å². The van der Waals surface area contributed by atoms with Crippen molar-refractivity contribution in [3.63, 3.8) is 0 Å². The molecule has 128 valence electrons. The molecule has 22 heavy (non-hydrogen) atoms. The number of imide groups is 1. The molecular formula is C15H27NO6. The smallest absolute Gasteiger partial charge is 0.420 e. The third-order valence-corrected chi connectivity index (χ3v) is 2.21. The Labute approximate surface area is 131 Å².